The molecule has 1 N–H and O–H groups in total. The molecule has 0 radical (unpaired) electrons. The largest absolute Gasteiger partial charge is 0.348 e. The lowest BCUT2D eigenvalue weighted by atomic mass is 10.2. The van der Waals surface area contributed by atoms with Gasteiger partial charge in [-0.2, -0.15) is 0 Å². The van der Waals surface area contributed by atoms with Crippen LogP contribution in [-0.2, 0) is 16.6 Å². The summed E-state index contributed by atoms with van der Waals surface area (Å²) >= 11 is 0. The second kappa shape index (κ2) is 7.29. The average molecular weight is 386 g/mol. The van der Waals surface area contributed by atoms with Crippen LogP contribution in [0.2, 0.25) is 0 Å². The molecule has 27 heavy (non-hydrogen) atoms. The van der Waals surface area contributed by atoms with Crippen LogP contribution in [0.1, 0.15) is 15.9 Å². The molecule has 3 rings (SSSR count). The van der Waals surface area contributed by atoms with E-state index in [1.807, 2.05) is 0 Å². The molecule has 1 amide bonds. The smallest absolute Gasteiger partial charge is 0.270 e. The van der Waals surface area contributed by atoms with Crippen LogP contribution in [0.3, 0.4) is 0 Å². The first-order valence-electron chi connectivity index (χ1n) is 8.07. The summed E-state index contributed by atoms with van der Waals surface area (Å²) in [5, 5.41) is 2.60. The normalized spacial score (nSPS) is 11.7. The minimum atomic E-state index is -3.65. The Kier molecular flexibility index (Phi) is 5.06. The van der Waals surface area contributed by atoms with Crippen molar-refractivity contribution in [3.63, 3.8) is 0 Å². The quantitative estimate of drug-likeness (QED) is 0.701. The van der Waals surface area contributed by atoms with Crippen molar-refractivity contribution in [2.24, 2.45) is 0 Å². The summed E-state index contributed by atoms with van der Waals surface area (Å²) in [7, 11) is -0.779. The topological polar surface area (TPSA) is 101 Å². The average Bonchev–Trinajstić information content (AvgIpc) is 2.66. The van der Waals surface area contributed by atoms with Gasteiger partial charge in [0.25, 0.3) is 11.5 Å². The van der Waals surface area contributed by atoms with E-state index in [-0.39, 0.29) is 17.0 Å². The van der Waals surface area contributed by atoms with Gasteiger partial charge in [0.2, 0.25) is 10.0 Å². The van der Waals surface area contributed by atoms with Crippen LogP contribution in [0.25, 0.3) is 5.65 Å². The summed E-state index contributed by atoms with van der Waals surface area (Å²) in [5.74, 6) is -0.622. The van der Waals surface area contributed by atoms with Crippen LogP contribution >= 0.6 is 0 Å². The number of aromatic nitrogens is 2. The van der Waals surface area contributed by atoms with Gasteiger partial charge in [0.1, 0.15) is 11.2 Å². The van der Waals surface area contributed by atoms with Crippen LogP contribution in [-0.4, -0.2) is 42.1 Å². The van der Waals surface area contributed by atoms with Crippen LogP contribution in [0.15, 0.2) is 64.5 Å². The first-order chi connectivity index (χ1) is 12.8. The molecule has 0 saturated heterocycles. The zero-order valence-electron chi connectivity index (χ0n) is 14.8. The third-order valence-electron chi connectivity index (χ3n) is 4.03. The second-order valence-corrected chi connectivity index (χ2v) is 8.10. The second-order valence-electron chi connectivity index (χ2n) is 5.98. The number of carbonyl (C=O) groups excluding carboxylic acids is 1. The lowest BCUT2D eigenvalue weighted by molar-refractivity contribution is 0.0948. The lowest BCUT2D eigenvalue weighted by Crippen LogP contribution is -2.32. The van der Waals surface area contributed by atoms with E-state index in [1.165, 1.54) is 37.0 Å². The monoisotopic (exact) mass is 386 g/mol. The molecular formula is C18H18N4O4S. The molecule has 0 aliphatic rings. The van der Waals surface area contributed by atoms with Gasteiger partial charge in [-0.15, -0.1) is 0 Å². The standard InChI is InChI=1S/C18H18N4O4S/c1-21(2)27(25,26)15-8-4-3-7-13(15)11-20-17(23)14-12-19-16-9-5-6-10-22(16)18(14)24/h3-10,12H,11H2,1-2H3,(H,20,23). The van der Waals surface area contributed by atoms with Crippen LogP contribution in [0.4, 0.5) is 0 Å². The third-order valence-corrected chi connectivity index (χ3v) is 5.94. The maximum Gasteiger partial charge on any atom is 0.270 e. The highest BCUT2D eigenvalue weighted by Crippen LogP contribution is 2.18. The number of amides is 1. The Balaban J connectivity index is 1.88. The van der Waals surface area contributed by atoms with Gasteiger partial charge in [0.15, 0.2) is 0 Å². The predicted octanol–water partition coefficient (Wildman–Crippen LogP) is 0.875. The van der Waals surface area contributed by atoms with Gasteiger partial charge in [0, 0.05) is 33.0 Å². The fourth-order valence-corrected chi connectivity index (χ4v) is 3.67. The number of fused-ring (bicyclic) bond motifs is 1. The Bertz CT molecular complexity index is 1170. The van der Waals surface area contributed by atoms with Crippen molar-refractivity contribution in [1.82, 2.24) is 19.0 Å². The molecule has 2 heterocycles. The van der Waals surface area contributed by atoms with E-state index in [0.717, 1.165) is 4.31 Å². The molecule has 1 aromatic carbocycles. The Morgan fingerprint density at radius 3 is 2.59 bits per heavy atom. The molecule has 0 unspecified atom stereocenters. The highest BCUT2D eigenvalue weighted by Gasteiger charge is 2.21. The van der Waals surface area contributed by atoms with Crippen LogP contribution in [0.5, 0.6) is 0 Å². The Labute approximate surface area is 156 Å². The molecule has 9 heteroatoms. The number of hydrogen-bond donors (Lipinski definition) is 1. The minimum Gasteiger partial charge on any atom is -0.348 e. The molecule has 0 atom stereocenters. The molecule has 0 saturated carbocycles. The number of pyridine rings is 1. The first kappa shape index (κ1) is 18.7. The zero-order valence-corrected chi connectivity index (χ0v) is 15.6. The van der Waals surface area contributed by atoms with Crippen molar-refractivity contribution in [3.05, 3.63) is 76.3 Å². The van der Waals surface area contributed by atoms with Crippen molar-refractivity contribution in [1.29, 1.82) is 0 Å². The summed E-state index contributed by atoms with van der Waals surface area (Å²) in [6.07, 6.45) is 2.75. The van der Waals surface area contributed by atoms with Gasteiger partial charge in [-0.05, 0) is 23.8 Å². The lowest BCUT2D eigenvalue weighted by Gasteiger charge is -2.15. The maximum absolute atomic E-state index is 12.5. The van der Waals surface area contributed by atoms with E-state index in [2.05, 4.69) is 10.3 Å². The highest BCUT2D eigenvalue weighted by molar-refractivity contribution is 7.89. The zero-order chi connectivity index (χ0) is 19.6. The van der Waals surface area contributed by atoms with Gasteiger partial charge < -0.3 is 5.32 Å². The van der Waals surface area contributed by atoms with Gasteiger partial charge in [-0.3, -0.25) is 14.0 Å². The number of nitrogens with zero attached hydrogens (tertiary/aromatic N) is 3. The molecule has 0 spiro atoms. The van der Waals surface area contributed by atoms with Crippen molar-refractivity contribution < 1.29 is 13.2 Å². The number of sulfonamides is 1. The van der Waals surface area contributed by atoms with Crippen LogP contribution < -0.4 is 10.9 Å². The van der Waals surface area contributed by atoms with E-state index in [4.69, 9.17) is 0 Å². The molecular weight excluding hydrogens is 368 g/mol. The SMILES string of the molecule is CN(C)S(=O)(=O)c1ccccc1CNC(=O)c1cnc2ccccn2c1=O. The van der Waals surface area contributed by atoms with Gasteiger partial charge in [-0.25, -0.2) is 17.7 Å². The fraction of sp³-hybridized carbons (Fsp3) is 0.167. The van der Waals surface area contributed by atoms with Gasteiger partial charge >= 0.3 is 0 Å². The molecule has 3 aromatic rings. The summed E-state index contributed by atoms with van der Waals surface area (Å²) < 4.78 is 27.2. The van der Waals surface area contributed by atoms with Gasteiger partial charge in [0.05, 0.1) is 4.90 Å². The van der Waals surface area contributed by atoms with Gasteiger partial charge in [-0.1, -0.05) is 24.3 Å². The number of rotatable bonds is 5. The predicted molar refractivity (Wildman–Crippen MR) is 99.9 cm³/mol. The summed E-state index contributed by atoms with van der Waals surface area (Å²) in [6.45, 7) is -0.0426. The summed E-state index contributed by atoms with van der Waals surface area (Å²) in [5.41, 5.74) is 0.244. The molecule has 2 aromatic heterocycles. The fourth-order valence-electron chi connectivity index (χ4n) is 2.55. The Morgan fingerprint density at radius 1 is 1.15 bits per heavy atom. The van der Waals surface area contributed by atoms with E-state index in [0.29, 0.717) is 11.2 Å². The van der Waals surface area contributed by atoms with E-state index in [9.17, 15) is 18.0 Å². The van der Waals surface area contributed by atoms with E-state index < -0.39 is 21.5 Å². The van der Waals surface area contributed by atoms with Crippen molar-refractivity contribution in [2.45, 2.75) is 11.4 Å². The molecule has 0 bridgehead atoms. The summed E-state index contributed by atoms with van der Waals surface area (Å²) in [4.78, 5) is 29.1. The highest BCUT2D eigenvalue weighted by atomic mass is 32.2. The molecule has 0 fully saturated rings. The molecule has 0 aliphatic heterocycles. The molecule has 8 nitrogen and oxygen atoms in total. The Morgan fingerprint density at radius 2 is 1.85 bits per heavy atom. The maximum atomic E-state index is 12.5. The number of nitrogens with one attached hydrogen (secondary N) is 1. The van der Waals surface area contributed by atoms with Crippen LogP contribution in [0, 0.1) is 0 Å². The number of hydrogen-bond acceptors (Lipinski definition) is 5. The summed E-state index contributed by atoms with van der Waals surface area (Å²) in [6, 6.07) is 11.4. The Hall–Kier alpha value is -3.04. The van der Waals surface area contributed by atoms with Crippen molar-refractivity contribution >= 4 is 21.6 Å². The third kappa shape index (κ3) is 3.60. The van der Waals surface area contributed by atoms with E-state index >= 15 is 0 Å². The number of carbonyl (C=O) groups is 1. The molecule has 140 valence electrons. The minimum absolute atomic E-state index is 0.0426. The van der Waals surface area contributed by atoms with Crippen molar-refractivity contribution in [2.75, 3.05) is 14.1 Å². The van der Waals surface area contributed by atoms with Crippen molar-refractivity contribution in [3.8, 4) is 0 Å². The number of benzene rings is 1. The first-order valence-corrected chi connectivity index (χ1v) is 9.51. The molecule has 0 aliphatic carbocycles. The van der Waals surface area contributed by atoms with E-state index in [1.54, 1.807) is 36.4 Å².